The van der Waals surface area contributed by atoms with Crippen LogP contribution in [0.2, 0.25) is 0 Å². The van der Waals surface area contributed by atoms with Gasteiger partial charge in [-0.3, -0.25) is 0 Å². The standard InChI is InChI=1S/C5H12BrN/c1-5(2,3)7-4-6/h7H,4H2,1-3H3. The first-order chi connectivity index (χ1) is 3.06. The van der Waals surface area contributed by atoms with E-state index in [1.165, 1.54) is 0 Å². The molecular weight excluding hydrogens is 154 g/mol. The lowest BCUT2D eigenvalue weighted by Crippen LogP contribution is -2.34. The zero-order chi connectivity index (χ0) is 5.91. The van der Waals surface area contributed by atoms with Crippen molar-refractivity contribution in [1.29, 1.82) is 0 Å². The molecule has 0 aromatic carbocycles. The van der Waals surface area contributed by atoms with Gasteiger partial charge in [-0.05, 0) is 20.8 Å². The summed E-state index contributed by atoms with van der Waals surface area (Å²) < 4.78 is 0. The second kappa shape index (κ2) is 2.68. The van der Waals surface area contributed by atoms with Crippen molar-refractivity contribution < 1.29 is 0 Å². The first kappa shape index (κ1) is 7.44. The van der Waals surface area contributed by atoms with Gasteiger partial charge in [0.15, 0.2) is 0 Å². The molecule has 1 N–H and O–H groups in total. The zero-order valence-corrected chi connectivity index (χ0v) is 6.67. The van der Waals surface area contributed by atoms with E-state index in [0.29, 0.717) is 0 Å². The van der Waals surface area contributed by atoms with Gasteiger partial charge in [-0.2, -0.15) is 0 Å². The second-order valence-corrected chi connectivity index (χ2v) is 3.12. The summed E-state index contributed by atoms with van der Waals surface area (Å²) in [5, 5.41) is 3.20. The summed E-state index contributed by atoms with van der Waals surface area (Å²) in [6.45, 7) is 6.40. The average molecular weight is 166 g/mol. The van der Waals surface area contributed by atoms with E-state index in [0.717, 1.165) is 5.45 Å². The smallest absolute Gasteiger partial charge is 0.0521 e. The lowest BCUT2D eigenvalue weighted by molar-refractivity contribution is 0.463. The third kappa shape index (κ3) is 6.44. The molecule has 0 saturated heterocycles. The maximum atomic E-state index is 3.27. The first-order valence-electron chi connectivity index (χ1n) is 2.37. The van der Waals surface area contributed by atoms with E-state index in [1.54, 1.807) is 0 Å². The molecule has 0 unspecified atom stereocenters. The predicted molar refractivity (Wildman–Crippen MR) is 36.7 cm³/mol. The summed E-state index contributed by atoms with van der Waals surface area (Å²) in [6.07, 6.45) is 0. The van der Waals surface area contributed by atoms with Gasteiger partial charge in [0, 0.05) is 5.54 Å². The van der Waals surface area contributed by atoms with Gasteiger partial charge in [-0.25, -0.2) is 0 Å². The molecule has 0 aliphatic rings. The van der Waals surface area contributed by atoms with Gasteiger partial charge in [0.2, 0.25) is 0 Å². The third-order valence-corrected chi connectivity index (χ3v) is 0.878. The number of nitrogens with one attached hydrogen (secondary N) is 1. The summed E-state index contributed by atoms with van der Waals surface area (Å²) in [5.74, 6) is 0. The maximum Gasteiger partial charge on any atom is 0.0521 e. The average Bonchev–Trinajstić information content (AvgIpc) is 1.30. The summed E-state index contributed by atoms with van der Waals surface area (Å²) in [4.78, 5) is 0. The Kier molecular flexibility index (Phi) is 2.84. The molecule has 0 aromatic heterocycles. The Morgan fingerprint density at radius 1 is 1.43 bits per heavy atom. The Bertz CT molecular complexity index is 46.5. The van der Waals surface area contributed by atoms with Crippen LogP contribution in [0.25, 0.3) is 0 Å². The van der Waals surface area contributed by atoms with Gasteiger partial charge in [0.25, 0.3) is 0 Å². The van der Waals surface area contributed by atoms with Gasteiger partial charge in [0.1, 0.15) is 0 Å². The molecule has 2 heteroatoms. The van der Waals surface area contributed by atoms with Crippen LogP contribution in [-0.4, -0.2) is 11.0 Å². The van der Waals surface area contributed by atoms with Crippen molar-refractivity contribution in [3.05, 3.63) is 0 Å². The summed E-state index contributed by atoms with van der Waals surface area (Å²) in [5.41, 5.74) is 1.12. The Morgan fingerprint density at radius 3 is 1.86 bits per heavy atom. The van der Waals surface area contributed by atoms with Crippen LogP contribution in [0.5, 0.6) is 0 Å². The number of hydrogen-bond acceptors (Lipinski definition) is 1. The Balaban J connectivity index is 3.15. The first-order valence-corrected chi connectivity index (χ1v) is 3.49. The minimum atomic E-state index is 0.253. The van der Waals surface area contributed by atoms with Crippen LogP contribution in [0.4, 0.5) is 0 Å². The second-order valence-electron chi connectivity index (χ2n) is 2.56. The van der Waals surface area contributed by atoms with E-state index in [2.05, 4.69) is 42.0 Å². The Labute approximate surface area is 53.6 Å². The molecule has 0 atom stereocenters. The molecule has 0 aliphatic heterocycles. The van der Waals surface area contributed by atoms with Crippen molar-refractivity contribution in [2.75, 3.05) is 5.45 Å². The molecular formula is C5H12BrN. The molecule has 0 heterocycles. The number of rotatable bonds is 1. The van der Waals surface area contributed by atoms with Crippen molar-refractivity contribution in [3.63, 3.8) is 0 Å². The van der Waals surface area contributed by atoms with Crippen LogP contribution in [0.3, 0.4) is 0 Å². The van der Waals surface area contributed by atoms with Gasteiger partial charge >= 0.3 is 0 Å². The molecule has 44 valence electrons. The number of hydrogen-bond donors (Lipinski definition) is 1. The molecule has 7 heavy (non-hydrogen) atoms. The molecule has 0 bridgehead atoms. The molecule has 0 aliphatic carbocycles. The fourth-order valence-corrected chi connectivity index (χ4v) is 1.04. The molecule has 1 nitrogen and oxygen atoms in total. The van der Waals surface area contributed by atoms with Gasteiger partial charge in [0.05, 0.1) is 5.45 Å². The van der Waals surface area contributed by atoms with Crippen molar-refractivity contribution >= 4 is 15.9 Å². The lowest BCUT2D eigenvalue weighted by Gasteiger charge is -2.17. The fraction of sp³-hybridized carbons (Fsp3) is 1.00. The third-order valence-electron chi connectivity index (χ3n) is 0.597. The highest BCUT2D eigenvalue weighted by molar-refractivity contribution is 9.09. The van der Waals surface area contributed by atoms with Crippen LogP contribution in [0, 0.1) is 0 Å². The number of halogens is 1. The summed E-state index contributed by atoms with van der Waals surface area (Å²) in [6, 6.07) is 0. The Hall–Kier alpha value is 0.440. The highest BCUT2D eigenvalue weighted by Crippen LogP contribution is 1.97. The van der Waals surface area contributed by atoms with E-state index >= 15 is 0 Å². The van der Waals surface area contributed by atoms with E-state index < -0.39 is 0 Å². The fourth-order valence-electron chi connectivity index (χ4n) is 0.200. The molecule has 0 fully saturated rings. The normalized spacial score (nSPS) is 12.0. The maximum absolute atomic E-state index is 3.27. The topological polar surface area (TPSA) is 12.0 Å². The van der Waals surface area contributed by atoms with Gasteiger partial charge in [-0.1, -0.05) is 15.9 Å². The van der Waals surface area contributed by atoms with Gasteiger partial charge in [-0.15, -0.1) is 0 Å². The van der Waals surface area contributed by atoms with Crippen molar-refractivity contribution in [1.82, 2.24) is 5.32 Å². The Morgan fingerprint density at radius 2 is 1.86 bits per heavy atom. The predicted octanol–water partition coefficient (Wildman–Crippen LogP) is 1.73. The van der Waals surface area contributed by atoms with Crippen molar-refractivity contribution in [2.24, 2.45) is 0 Å². The van der Waals surface area contributed by atoms with Crippen LogP contribution < -0.4 is 5.32 Å². The minimum Gasteiger partial charge on any atom is -0.303 e. The molecule has 0 spiro atoms. The van der Waals surface area contributed by atoms with Crippen LogP contribution in [-0.2, 0) is 0 Å². The lowest BCUT2D eigenvalue weighted by atomic mass is 10.1. The summed E-state index contributed by atoms with van der Waals surface area (Å²) in [7, 11) is 0. The summed E-state index contributed by atoms with van der Waals surface area (Å²) >= 11 is 3.27. The van der Waals surface area contributed by atoms with Crippen molar-refractivity contribution in [3.8, 4) is 0 Å². The molecule has 0 amide bonds. The van der Waals surface area contributed by atoms with Crippen LogP contribution in [0.15, 0.2) is 0 Å². The molecule has 0 saturated carbocycles. The monoisotopic (exact) mass is 165 g/mol. The van der Waals surface area contributed by atoms with Crippen LogP contribution >= 0.6 is 15.9 Å². The molecule has 0 radical (unpaired) electrons. The van der Waals surface area contributed by atoms with E-state index in [-0.39, 0.29) is 5.54 Å². The van der Waals surface area contributed by atoms with Gasteiger partial charge < -0.3 is 5.32 Å². The minimum absolute atomic E-state index is 0.253. The van der Waals surface area contributed by atoms with E-state index in [4.69, 9.17) is 0 Å². The van der Waals surface area contributed by atoms with Crippen molar-refractivity contribution in [2.45, 2.75) is 26.3 Å². The van der Waals surface area contributed by atoms with Crippen LogP contribution in [0.1, 0.15) is 20.8 Å². The largest absolute Gasteiger partial charge is 0.303 e. The zero-order valence-electron chi connectivity index (χ0n) is 5.09. The number of alkyl halides is 1. The van der Waals surface area contributed by atoms with E-state index in [9.17, 15) is 0 Å². The quantitative estimate of drug-likeness (QED) is 0.462. The molecule has 0 rings (SSSR count). The SMILES string of the molecule is CC(C)(C)NCBr. The van der Waals surface area contributed by atoms with E-state index in [1.807, 2.05) is 0 Å². The highest BCUT2D eigenvalue weighted by atomic mass is 79.9. The molecule has 0 aromatic rings. The highest BCUT2D eigenvalue weighted by Gasteiger charge is 2.04.